The summed E-state index contributed by atoms with van der Waals surface area (Å²) in [6.45, 7) is 4.06. The van der Waals surface area contributed by atoms with Gasteiger partial charge in [0.2, 0.25) is 0 Å². The summed E-state index contributed by atoms with van der Waals surface area (Å²) in [4.78, 5) is 18.9. The highest BCUT2D eigenvalue weighted by Crippen LogP contribution is 2.31. The normalized spacial score (nSPS) is 11.8. The Kier molecular flexibility index (Phi) is 6.74. The Balaban J connectivity index is 1.83. The van der Waals surface area contributed by atoms with Crippen molar-refractivity contribution in [2.24, 2.45) is 0 Å². The SMILES string of the molecule is CCOC(=O)CSSCc1c(C)ccc[n+]1-c1nc2ccc(C(F)(F)F)cc2[nH]1. The van der Waals surface area contributed by atoms with Crippen molar-refractivity contribution >= 4 is 38.6 Å². The molecule has 0 saturated heterocycles. The molecule has 0 aliphatic carbocycles. The number of halogens is 3. The van der Waals surface area contributed by atoms with Gasteiger partial charge in [-0.2, -0.15) is 13.2 Å². The third-order valence-electron chi connectivity index (χ3n) is 4.11. The second-order valence-electron chi connectivity index (χ2n) is 6.13. The summed E-state index contributed by atoms with van der Waals surface area (Å²) in [5.41, 5.74) is 1.99. The molecule has 0 fully saturated rings. The molecule has 0 amide bonds. The van der Waals surface area contributed by atoms with Crippen LogP contribution >= 0.6 is 21.6 Å². The van der Waals surface area contributed by atoms with Gasteiger partial charge in [0.25, 0.3) is 0 Å². The van der Waals surface area contributed by atoms with E-state index in [1.165, 1.54) is 27.7 Å². The van der Waals surface area contributed by atoms with E-state index < -0.39 is 11.7 Å². The van der Waals surface area contributed by atoms with E-state index in [0.29, 0.717) is 29.3 Å². The van der Waals surface area contributed by atoms with Crippen LogP contribution in [0.2, 0.25) is 0 Å². The number of aromatic nitrogens is 3. The second-order valence-corrected chi connectivity index (χ2v) is 8.59. The first-order chi connectivity index (χ1) is 13.8. The third-order valence-corrected chi connectivity index (χ3v) is 6.23. The molecule has 0 spiro atoms. The van der Waals surface area contributed by atoms with Gasteiger partial charge in [-0.15, -0.1) is 0 Å². The van der Waals surface area contributed by atoms with E-state index in [2.05, 4.69) is 9.97 Å². The summed E-state index contributed by atoms with van der Waals surface area (Å²) in [5.74, 6) is 1.01. The minimum absolute atomic E-state index is 0.245. The quantitative estimate of drug-likeness (QED) is 0.251. The molecule has 0 saturated carbocycles. The third kappa shape index (κ3) is 5.24. The van der Waals surface area contributed by atoms with E-state index >= 15 is 0 Å². The van der Waals surface area contributed by atoms with Gasteiger partial charge in [0.15, 0.2) is 5.52 Å². The Bertz CT molecular complexity index is 1020. The topological polar surface area (TPSA) is 58.9 Å². The maximum atomic E-state index is 13.0. The lowest BCUT2D eigenvalue weighted by atomic mass is 10.2. The van der Waals surface area contributed by atoms with Crippen LogP contribution in [0.1, 0.15) is 23.7 Å². The molecule has 0 unspecified atom stereocenters. The van der Waals surface area contributed by atoms with Crippen molar-refractivity contribution in [3.8, 4) is 5.95 Å². The predicted molar refractivity (Wildman–Crippen MR) is 108 cm³/mol. The highest BCUT2D eigenvalue weighted by Gasteiger charge is 2.31. The lowest BCUT2D eigenvalue weighted by molar-refractivity contribution is -0.610. The van der Waals surface area contributed by atoms with Crippen molar-refractivity contribution in [1.82, 2.24) is 9.97 Å². The standard InChI is InChI=1S/C19H19F3N3O2S2/c1-3-27-17(26)11-29-28-10-16-12(2)5-4-8-25(16)18-23-14-7-6-13(19(20,21)22)9-15(14)24-18/h4-9H,3,10-11H2,1-2H3,(H,23,24)/q+1. The van der Waals surface area contributed by atoms with Gasteiger partial charge in [-0.05, 0) is 43.7 Å². The average Bonchev–Trinajstić information content (AvgIpc) is 3.08. The van der Waals surface area contributed by atoms with Crippen LogP contribution in [-0.2, 0) is 21.5 Å². The Morgan fingerprint density at radius 2 is 2.07 bits per heavy atom. The molecular formula is C19H19F3N3O2S2+. The fraction of sp³-hybridized carbons (Fsp3) is 0.316. The lowest BCUT2D eigenvalue weighted by Gasteiger charge is -2.08. The molecule has 3 rings (SSSR count). The number of hydrogen-bond donors (Lipinski definition) is 1. The Labute approximate surface area is 173 Å². The summed E-state index contributed by atoms with van der Waals surface area (Å²) in [6, 6.07) is 7.25. The van der Waals surface area contributed by atoms with Gasteiger partial charge in [0.05, 0.1) is 29.8 Å². The number of esters is 1. The van der Waals surface area contributed by atoms with Crippen LogP contribution in [0.25, 0.3) is 17.0 Å². The number of nitrogens with zero attached hydrogens (tertiary/aromatic N) is 2. The number of imidazole rings is 1. The van der Waals surface area contributed by atoms with Crippen LogP contribution in [0.15, 0.2) is 36.5 Å². The fourth-order valence-electron chi connectivity index (χ4n) is 2.71. The molecule has 2 aromatic heterocycles. The van der Waals surface area contributed by atoms with Crippen LogP contribution in [0.3, 0.4) is 0 Å². The molecule has 0 aliphatic rings. The van der Waals surface area contributed by atoms with Gasteiger partial charge < -0.3 is 4.74 Å². The predicted octanol–water partition coefficient (Wildman–Crippen LogP) is 4.61. The monoisotopic (exact) mass is 442 g/mol. The van der Waals surface area contributed by atoms with E-state index in [0.717, 1.165) is 23.4 Å². The summed E-state index contributed by atoms with van der Waals surface area (Å²) in [5, 5.41) is 0. The molecule has 2 heterocycles. The maximum absolute atomic E-state index is 13.0. The van der Waals surface area contributed by atoms with Gasteiger partial charge in [-0.25, -0.2) is 9.55 Å². The first-order valence-corrected chi connectivity index (χ1v) is 11.3. The Morgan fingerprint density at radius 1 is 1.28 bits per heavy atom. The number of benzene rings is 1. The zero-order valence-corrected chi connectivity index (χ0v) is 17.4. The number of rotatable bonds is 7. The first kappa shape index (κ1) is 21.5. The summed E-state index contributed by atoms with van der Waals surface area (Å²) in [7, 11) is 2.89. The zero-order valence-electron chi connectivity index (χ0n) is 15.7. The average molecular weight is 443 g/mol. The van der Waals surface area contributed by atoms with Crippen molar-refractivity contribution < 1.29 is 27.3 Å². The van der Waals surface area contributed by atoms with Gasteiger partial charge in [0, 0.05) is 0 Å². The minimum atomic E-state index is -4.41. The van der Waals surface area contributed by atoms with Crippen LogP contribution in [-0.4, -0.2) is 28.3 Å². The van der Waals surface area contributed by atoms with E-state index in [9.17, 15) is 18.0 Å². The van der Waals surface area contributed by atoms with Gasteiger partial charge in [-0.3, -0.25) is 4.79 Å². The Morgan fingerprint density at radius 3 is 2.79 bits per heavy atom. The highest BCUT2D eigenvalue weighted by molar-refractivity contribution is 8.76. The summed E-state index contributed by atoms with van der Waals surface area (Å²) >= 11 is 0. The van der Waals surface area contributed by atoms with Crippen LogP contribution < -0.4 is 4.57 Å². The van der Waals surface area contributed by atoms with Crippen molar-refractivity contribution in [1.29, 1.82) is 0 Å². The summed E-state index contributed by atoms with van der Waals surface area (Å²) < 4.78 is 45.6. The minimum Gasteiger partial charge on any atom is -0.465 e. The maximum Gasteiger partial charge on any atom is 0.416 e. The molecule has 5 nitrogen and oxygen atoms in total. The number of pyridine rings is 1. The van der Waals surface area contributed by atoms with Gasteiger partial charge in [-0.1, -0.05) is 32.6 Å². The molecule has 1 N–H and O–H groups in total. The molecule has 0 bridgehead atoms. The van der Waals surface area contributed by atoms with E-state index in [4.69, 9.17) is 4.74 Å². The van der Waals surface area contributed by atoms with Crippen LogP contribution in [0.5, 0.6) is 0 Å². The van der Waals surface area contributed by atoms with Crippen molar-refractivity contribution in [3.05, 3.63) is 53.3 Å². The van der Waals surface area contributed by atoms with E-state index in [1.807, 2.05) is 23.6 Å². The van der Waals surface area contributed by atoms with Crippen molar-refractivity contribution in [2.75, 3.05) is 12.4 Å². The summed E-state index contributed by atoms with van der Waals surface area (Å²) in [6.07, 6.45) is -2.60. The van der Waals surface area contributed by atoms with E-state index in [-0.39, 0.29) is 11.7 Å². The number of alkyl halides is 3. The second kappa shape index (κ2) is 9.08. The largest absolute Gasteiger partial charge is 0.465 e. The Hall–Kier alpha value is -2.20. The zero-order chi connectivity index (χ0) is 21.0. The number of aromatic amines is 1. The van der Waals surface area contributed by atoms with Crippen LogP contribution in [0.4, 0.5) is 13.2 Å². The fourth-order valence-corrected chi connectivity index (χ4v) is 4.66. The lowest BCUT2D eigenvalue weighted by Crippen LogP contribution is -2.37. The molecule has 0 radical (unpaired) electrons. The molecule has 29 heavy (non-hydrogen) atoms. The smallest absolute Gasteiger partial charge is 0.416 e. The number of aryl methyl sites for hydroxylation is 1. The number of nitrogens with one attached hydrogen (secondary N) is 1. The van der Waals surface area contributed by atoms with Gasteiger partial charge in [0.1, 0.15) is 11.3 Å². The van der Waals surface area contributed by atoms with Crippen LogP contribution in [0, 0.1) is 6.92 Å². The van der Waals surface area contributed by atoms with Crippen molar-refractivity contribution in [2.45, 2.75) is 25.8 Å². The number of hydrogen-bond acceptors (Lipinski definition) is 5. The van der Waals surface area contributed by atoms with E-state index in [1.54, 1.807) is 13.1 Å². The number of carbonyl (C=O) groups excluding carboxylic acids is 1. The molecule has 154 valence electrons. The highest BCUT2D eigenvalue weighted by atomic mass is 33.1. The number of carbonyl (C=O) groups is 1. The number of ether oxygens (including phenoxy) is 1. The molecule has 0 atom stereocenters. The number of H-pyrrole nitrogens is 1. The first-order valence-electron chi connectivity index (χ1n) is 8.77. The molecule has 10 heteroatoms. The molecular weight excluding hydrogens is 423 g/mol. The molecule has 0 aliphatic heterocycles. The number of fused-ring (bicyclic) bond motifs is 1. The molecule has 1 aromatic carbocycles. The molecule has 3 aromatic rings. The van der Waals surface area contributed by atoms with Crippen molar-refractivity contribution in [3.63, 3.8) is 0 Å². The van der Waals surface area contributed by atoms with Gasteiger partial charge >= 0.3 is 18.1 Å².